The first-order valence-corrected chi connectivity index (χ1v) is 9.02. The first kappa shape index (κ1) is 19.8. The van der Waals surface area contributed by atoms with Crippen LogP contribution in [-0.2, 0) is 20.8 Å². The van der Waals surface area contributed by atoms with Crippen LogP contribution in [0.3, 0.4) is 0 Å². The van der Waals surface area contributed by atoms with Gasteiger partial charge in [0, 0.05) is 17.8 Å². The van der Waals surface area contributed by atoms with Crippen molar-refractivity contribution in [3.8, 4) is 5.75 Å². The monoisotopic (exact) mass is 361 g/mol. The first-order chi connectivity index (χ1) is 12.5. The maximum Gasteiger partial charge on any atom is 0.276 e. The number of carboxylic acid groups (broad SMARTS) is 1. The van der Waals surface area contributed by atoms with Crippen LogP contribution in [0, 0.1) is 11.8 Å². The van der Waals surface area contributed by atoms with Crippen molar-refractivity contribution < 1.29 is 24.2 Å². The summed E-state index contributed by atoms with van der Waals surface area (Å²) in [4.78, 5) is 35.1. The van der Waals surface area contributed by atoms with Gasteiger partial charge in [0.15, 0.2) is 6.61 Å². The van der Waals surface area contributed by atoms with E-state index in [0.717, 1.165) is 25.7 Å². The molecule has 1 aromatic carbocycles. The Bertz CT molecular complexity index is 629. The van der Waals surface area contributed by atoms with Crippen molar-refractivity contribution in [3.05, 3.63) is 29.8 Å². The normalized spacial score (nSPS) is 19.4. The summed E-state index contributed by atoms with van der Waals surface area (Å²) in [5.74, 6) is -3.16. The Morgan fingerprint density at radius 3 is 2.35 bits per heavy atom. The molecule has 0 aromatic heterocycles. The van der Waals surface area contributed by atoms with E-state index < -0.39 is 29.6 Å². The van der Waals surface area contributed by atoms with Gasteiger partial charge in [-0.2, -0.15) is 0 Å². The number of benzene rings is 1. The number of nitrogens with one attached hydrogen (secondary N) is 2. The zero-order valence-corrected chi connectivity index (χ0v) is 15.0. The van der Waals surface area contributed by atoms with E-state index >= 15 is 0 Å². The summed E-state index contributed by atoms with van der Waals surface area (Å²) in [6.45, 7) is 1.85. The van der Waals surface area contributed by atoms with Crippen molar-refractivity contribution in [2.24, 2.45) is 11.8 Å². The lowest BCUT2D eigenvalue weighted by Crippen LogP contribution is -2.50. The third-order valence-corrected chi connectivity index (χ3v) is 4.56. The molecule has 2 rings (SSSR count). The van der Waals surface area contributed by atoms with Crippen molar-refractivity contribution in [1.82, 2.24) is 10.9 Å². The number of rotatable bonds is 7. The number of ether oxygens (including phenoxy) is 1. The lowest BCUT2D eigenvalue weighted by molar-refractivity contribution is -0.314. The molecule has 2 amide bonds. The van der Waals surface area contributed by atoms with E-state index in [1.165, 1.54) is 5.56 Å². The second-order valence-electron chi connectivity index (χ2n) is 6.54. The predicted octanol–water partition coefficient (Wildman–Crippen LogP) is 0.722. The van der Waals surface area contributed by atoms with Crippen molar-refractivity contribution in [2.45, 2.75) is 45.4 Å². The zero-order valence-electron chi connectivity index (χ0n) is 15.0. The maximum absolute atomic E-state index is 12.1. The standard InChI is InChI=1S/C19H26N2O5/c1-2-5-13-8-10-14(11-9-13)26-12-17(22)20-21-18(23)15-6-3-4-7-16(15)19(24)25/h8-11,15-16H,2-7,12H2,1H3,(H,20,22)(H,21,23)(H,24,25)/p-1/t15-,16-/m0/s1. The Balaban J connectivity index is 1.75. The van der Waals surface area contributed by atoms with E-state index in [4.69, 9.17) is 4.74 Å². The van der Waals surface area contributed by atoms with E-state index in [-0.39, 0.29) is 6.61 Å². The fourth-order valence-corrected chi connectivity index (χ4v) is 3.18. The lowest BCUT2D eigenvalue weighted by atomic mass is 9.79. The van der Waals surface area contributed by atoms with Gasteiger partial charge in [0.25, 0.3) is 5.91 Å². The summed E-state index contributed by atoms with van der Waals surface area (Å²) >= 11 is 0. The molecule has 7 nitrogen and oxygen atoms in total. The summed E-state index contributed by atoms with van der Waals surface area (Å²) in [6.07, 6.45) is 4.49. The van der Waals surface area contributed by atoms with Gasteiger partial charge in [0.2, 0.25) is 5.91 Å². The summed E-state index contributed by atoms with van der Waals surface area (Å²) < 4.78 is 5.37. The quantitative estimate of drug-likeness (QED) is 0.696. The van der Waals surface area contributed by atoms with Crippen molar-refractivity contribution in [3.63, 3.8) is 0 Å². The molecule has 0 saturated heterocycles. The third kappa shape index (κ3) is 5.75. The summed E-state index contributed by atoms with van der Waals surface area (Å²) in [7, 11) is 0. The number of hydrazine groups is 1. The number of aryl methyl sites for hydroxylation is 1. The van der Waals surface area contributed by atoms with Gasteiger partial charge in [-0.15, -0.1) is 0 Å². The predicted molar refractivity (Wildman–Crippen MR) is 92.7 cm³/mol. The van der Waals surface area contributed by atoms with Crippen LogP contribution in [0.1, 0.15) is 44.6 Å². The number of hydrogen-bond acceptors (Lipinski definition) is 5. The molecule has 1 aliphatic rings. The minimum Gasteiger partial charge on any atom is -0.550 e. The fraction of sp³-hybridized carbons (Fsp3) is 0.526. The largest absolute Gasteiger partial charge is 0.550 e. The van der Waals surface area contributed by atoms with Crippen LogP contribution < -0.4 is 20.7 Å². The molecule has 2 atom stereocenters. The molecule has 2 N–H and O–H groups in total. The van der Waals surface area contributed by atoms with Gasteiger partial charge in [-0.25, -0.2) is 0 Å². The summed E-state index contributed by atoms with van der Waals surface area (Å²) in [6, 6.07) is 7.48. The Hall–Kier alpha value is -2.57. The number of hydrogen-bond donors (Lipinski definition) is 2. The van der Waals surface area contributed by atoms with Crippen LogP contribution in [-0.4, -0.2) is 24.4 Å². The SMILES string of the molecule is CCCc1ccc(OCC(=O)NNC(=O)[C@H]2CCCC[C@@H]2C(=O)[O-])cc1. The van der Waals surface area contributed by atoms with Crippen LogP contribution in [0.5, 0.6) is 5.75 Å². The molecule has 1 aliphatic carbocycles. The molecular formula is C19H25N2O5-. The number of amides is 2. The lowest BCUT2D eigenvalue weighted by Gasteiger charge is -2.31. The molecular weight excluding hydrogens is 336 g/mol. The number of aliphatic carboxylic acids is 1. The van der Waals surface area contributed by atoms with E-state index in [0.29, 0.717) is 18.6 Å². The Kier molecular flexibility index (Phi) is 7.44. The molecule has 1 aromatic rings. The molecule has 0 heterocycles. The van der Waals surface area contributed by atoms with Gasteiger partial charge in [-0.3, -0.25) is 20.4 Å². The highest BCUT2D eigenvalue weighted by atomic mass is 16.5. The summed E-state index contributed by atoms with van der Waals surface area (Å²) in [5, 5.41) is 11.1. The smallest absolute Gasteiger partial charge is 0.276 e. The van der Waals surface area contributed by atoms with Gasteiger partial charge in [-0.05, 0) is 37.0 Å². The van der Waals surface area contributed by atoms with E-state index in [1.807, 2.05) is 12.1 Å². The maximum atomic E-state index is 12.1. The molecule has 0 radical (unpaired) electrons. The van der Waals surface area contributed by atoms with Crippen LogP contribution in [0.4, 0.5) is 0 Å². The topological polar surface area (TPSA) is 108 Å². The molecule has 0 spiro atoms. The fourth-order valence-electron chi connectivity index (χ4n) is 3.18. The van der Waals surface area contributed by atoms with Crippen LogP contribution in [0.2, 0.25) is 0 Å². The average molecular weight is 361 g/mol. The number of carbonyl (C=O) groups is 3. The zero-order chi connectivity index (χ0) is 18.9. The molecule has 0 bridgehead atoms. The molecule has 1 saturated carbocycles. The van der Waals surface area contributed by atoms with Crippen LogP contribution in [0.15, 0.2) is 24.3 Å². The van der Waals surface area contributed by atoms with Crippen molar-refractivity contribution >= 4 is 17.8 Å². The van der Waals surface area contributed by atoms with Crippen molar-refractivity contribution in [2.75, 3.05) is 6.61 Å². The molecule has 7 heteroatoms. The van der Waals surface area contributed by atoms with Gasteiger partial charge in [0.1, 0.15) is 5.75 Å². The molecule has 0 aliphatic heterocycles. The summed E-state index contributed by atoms with van der Waals surface area (Å²) in [5.41, 5.74) is 5.75. The first-order valence-electron chi connectivity index (χ1n) is 9.02. The highest BCUT2D eigenvalue weighted by Gasteiger charge is 2.31. The van der Waals surface area contributed by atoms with E-state index in [2.05, 4.69) is 17.8 Å². The van der Waals surface area contributed by atoms with E-state index in [1.54, 1.807) is 12.1 Å². The molecule has 26 heavy (non-hydrogen) atoms. The molecule has 1 fully saturated rings. The minimum absolute atomic E-state index is 0.248. The van der Waals surface area contributed by atoms with E-state index in [9.17, 15) is 19.5 Å². The number of carbonyl (C=O) groups excluding carboxylic acids is 3. The third-order valence-electron chi connectivity index (χ3n) is 4.56. The Labute approximate surface area is 153 Å². The van der Waals surface area contributed by atoms with Gasteiger partial charge < -0.3 is 14.6 Å². The highest BCUT2D eigenvalue weighted by Crippen LogP contribution is 2.29. The van der Waals surface area contributed by atoms with Gasteiger partial charge >= 0.3 is 0 Å². The number of carboxylic acids is 1. The van der Waals surface area contributed by atoms with Gasteiger partial charge in [-0.1, -0.05) is 38.3 Å². The molecule has 142 valence electrons. The van der Waals surface area contributed by atoms with Gasteiger partial charge in [0.05, 0.1) is 0 Å². The van der Waals surface area contributed by atoms with Crippen molar-refractivity contribution in [1.29, 1.82) is 0 Å². The molecule has 0 unspecified atom stereocenters. The Morgan fingerprint density at radius 1 is 1.08 bits per heavy atom. The Morgan fingerprint density at radius 2 is 1.73 bits per heavy atom. The van der Waals surface area contributed by atoms with Crippen LogP contribution >= 0.6 is 0 Å². The van der Waals surface area contributed by atoms with Crippen LogP contribution in [0.25, 0.3) is 0 Å². The second-order valence-corrected chi connectivity index (χ2v) is 6.54. The second kappa shape index (κ2) is 9.79. The highest BCUT2D eigenvalue weighted by molar-refractivity contribution is 5.87. The minimum atomic E-state index is -1.22. The average Bonchev–Trinajstić information content (AvgIpc) is 2.65.